The molecule has 1 aliphatic carbocycles. The molecule has 31 heavy (non-hydrogen) atoms. The molecule has 0 bridgehead atoms. The van der Waals surface area contributed by atoms with Crippen molar-refractivity contribution >= 4 is 23.4 Å². The monoisotopic (exact) mass is 432 g/mol. The van der Waals surface area contributed by atoms with Gasteiger partial charge in [-0.05, 0) is 42.0 Å². The normalized spacial score (nSPS) is 15.0. The largest absolute Gasteiger partial charge is 0.349 e. The summed E-state index contributed by atoms with van der Waals surface area (Å²) in [6.45, 7) is 0. The summed E-state index contributed by atoms with van der Waals surface area (Å²) in [5.41, 5.74) is 2.39. The van der Waals surface area contributed by atoms with Crippen molar-refractivity contribution < 1.29 is 9.59 Å². The second-order valence-corrected chi connectivity index (χ2v) is 8.32. The fourth-order valence-electron chi connectivity index (χ4n) is 3.80. The third-order valence-electron chi connectivity index (χ3n) is 5.58. The highest BCUT2D eigenvalue weighted by molar-refractivity contribution is 6.33. The maximum Gasteiger partial charge on any atom is 0.253 e. The molecule has 0 aromatic heterocycles. The zero-order chi connectivity index (χ0) is 21.6. The van der Waals surface area contributed by atoms with Gasteiger partial charge in [-0.1, -0.05) is 84.4 Å². The topological polar surface area (TPSA) is 58.2 Å². The summed E-state index contributed by atoms with van der Waals surface area (Å²) in [7, 11) is 0. The van der Waals surface area contributed by atoms with Crippen LogP contribution in [-0.4, -0.2) is 11.8 Å². The predicted molar refractivity (Wildman–Crippen MR) is 123 cm³/mol. The van der Waals surface area contributed by atoms with Crippen molar-refractivity contribution in [3.63, 3.8) is 0 Å². The Morgan fingerprint density at radius 2 is 1.39 bits per heavy atom. The Bertz CT molecular complexity index is 1040. The van der Waals surface area contributed by atoms with Gasteiger partial charge in [0.25, 0.3) is 5.91 Å². The van der Waals surface area contributed by atoms with E-state index in [1.165, 1.54) is 0 Å². The van der Waals surface area contributed by atoms with Crippen LogP contribution in [0.5, 0.6) is 0 Å². The van der Waals surface area contributed by atoms with Crippen LogP contribution < -0.4 is 10.6 Å². The number of benzene rings is 3. The van der Waals surface area contributed by atoms with Gasteiger partial charge >= 0.3 is 0 Å². The van der Waals surface area contributed by atoms with E-state index in [1.807, 2.05) is 48.5 Å². The average Bonchev–Trinajstić information content (AvgIpc) is 3.64. The molecule has 0 saturated heterocycles. The maximum atomic E-state index is 13.0. The van der Waals surface area contributed by atoms with Crippen LogP contribution in [-0.2, 0) is 4.79 Å². The molecule has 0 heterocycles. The molecule has 0 radical (unpaired) electrons. The van der Waals surface area contributed by atoms with E-state index >= 15 is 0 Å². The number of halogens is 1. The lowest BCUT2D eigenvalue weighted by atomic mass is 10.00. The molecule has 5 heteroatoms. The standard InChI is InChI=1S/C26H25ClN2O2/c27-22-14-8-7-13-21(22)26(31)28-23(18-9-3-1-4-10-18)17-24(30)29-25(20-15-16-20)19-11-5-2-6-12-19/h1-14,20,23,25H,15-17H2,(H,28,31)(H,29,30). The van der Waals surface area contributed by atoms with Gasteiger partial charge in [0.2, 0.25) is 5.91 Å². The van der Waals surface area contributed by atoms with Gasteiger partial charge in [0.1, 0.15) is 0 Å². The fourth-order valence-corrected chi connectivity index (χ4v) is 4.02. The fraction of sp³-hybridized carbons (Fsp3) is 0.231. The first-order chi connectivity index (χ1) is 15.1. The molecule has 2 unspecified atom stereocenters. The van der Waals surface area contributed by atoms with Crippen molar-refractivity contribution in [2.75, 3.05) is 0 Å². The van der Waals surface area contributed by atoms with E-state index in [-0.39, 0.29) is 24.3 Å². The molecule has 2 N–H and O–H groups in total. The van der Waals surface area contributed by atoms with E-state index in [9.17, 15) is 9.59 Å². The molecule has 4 rings (SSSR count). The summed E-state index contributed by atoms with van der Waals surface area (Å²) in [4.78, 5) is 25.9. The SMILES string of the molecule is O=C(CC(NC(=O)c1ccccc1Cl)c1ccccc1)NC(c1ccccc1)C1CC1. The Morgan fingerprint density at radius 3 is 2.00 bits per heavy atom. The van der Waals surface area contributed by atoms with Crippen LogP contribution >= 0.6 is 11.6 Å². The molecule has 0 aliphatic heterocycles. The van der Waals surface area contributed by atoms with Crippen molar-refractivity contribution in [3.05, 3.63) is 107 Å². The minimum atomic E-state index is -0.458. The summed E-state index contributed by atoms with van der Waals surface area (Å²) in [5.74, 6) is 0.0855. The van der Waals surface area contributed by atoms with Crippen LogP contribution in [0.25, 0.3) is 0 Å². The number of hydrogen-bond acceptors (Lipinski definition) is 2. The lowest BCUT2D eigenvalue weighted by Gasteiger charge is -2.23. The summed E-state index contributed by atoms with van der Waals surface area (Å²) < 4.78 is 0. The quantitative estimate of drug-likeness (QED) is 0.496. The zero-order valence-electron chi connectivity index (χ0n) is 17.1. The Balaban J connectivity index is 1.50. The van der Waals surface area contributed by atoms with E-state index in [1.54, 1.807) is 24.3 Å². The van der Waals surface area contributed by atoms with Gasteiger partial charge in [-0.15, -0.1) is 0 Å². The number of nitrogens with one attached hydrogen (secondary N) is 2. The zero-order valence-corrected chi connectivity index (χ0v) is 17.9. The van der Waals surface area contributed by atoms with Gasteiger partial charge in [0.15, 0.2) is 0 Å². The number of amides is 2. The van der Waals surface area contributed by atoms with Crippen molar-refractivity contribution in [3.8, 4) is 0 Å². The van der Waals surface area contributed by atoms with E-state index in [0.717, 1.165) is 24.0 Å². The van der Waals surface area contributed by atoms with Crippen LogP contribution in [0.15, 0.2) is 84.9 Å². The number of rotatable bonds is 8. The number of hydrogen-bond donors (Lipinski definition) is 2. The number of carbonyl (C=O) groups excluding carboxylic acids is 2. The molecule has 2 amide bonds. The smallest absolute Gasteiger partial charge is 0.253 e. The molecule has 158 valence electrons. The van der Waals surface area contributed by atoms with Crippen molar-refractivity contribution in [2.45, 2.75) is 31.3 Å². The van der Waals surface area contributed by atoms with Gasteiger partial charge in [0, 0.05) is 0 Å². The lowest BCUT2D eigenvalue weighted by molar-refractivity contribution is -0.122. The Morgan fingerprint density at radius 1 is 0.806 bits per heavy atom. The minimum Gasteiger partial charge on any atom is -0.349 e. The highest BCUT2D eigenvalue weighted by Gasteiger charge is 2.33. The molecular formula is C26H25ClN2O2. The molecule has 4 nitrogen and oxygen atoms in total. The molecule has 2 atom stereocenters. The summed E-state index contributed by atoms with van der Waals surface area (Å²) in [6, 6.07) is 26.1. The molecule has 3 aromatic carbocycles. The van der Waals surface area contributed by atoms with Crippen LogP contribution in [0.4, 0.5) is 0 Å². The maximum absolute atomic E-state index is 13.0. The summed E-state index contributed by atoms with van der Waals surface area (Å²) >= 11 is 6.19. The Hall–Kier alpha value is -3.11. The molecule has 1 fully saturated rings. The van der Waals surface area contributed by atoms with E-state index in [4.69, 9.17) is 11.6 Å². The molecule has 0 spiro atoms. The second kappa shape index (κ2) is 9.80. The van der Waals surface area contributed by atoms with Crippen LogP contribution in [0, 0.1) is 5.92 Å². The first kappa shape index (κ1) is 21.1. The molecule has 1 aliphatic rings. The highest BCUT2D eigenvalue weighted by atomic mass is 35.5. The lowest BCUT2D eigenvalue weighted by Crippen LogP contribution is -2.36. The molecule has 3 aromatic rings. The minimum absolute atomic E-state index is 0.00407. The van der Waals surface area contributed by atoms with Crippen LogP contribution in [0.3, 0.4) is 0 Å². The van der Waals surface area contributed by atoms with E-state index in [0.29, 0.717) is 16.5 Å². The third kappa shape index (κ3) is 5.53. The highest BCUT2D eigenvalue weighted by Crippen LogP contribution is 2.41. The summed E-state index contributed by atoms with van der Waals surface area (Å²) in [5, 5.41) is 6.58. The first-order valence-electron chi connectivity index (χ1n) is 10.6. The van der Waals surface area contributed by atoms with Crippen LogP contribution in [0.2, 0.25) is 5.02 Å². The molecule has 1 saturated carbocycles. The van der Waals surface area contributed by atoms with Gasteiger partial charge < -0.3 is 10.6 Å². The van der Waals surface area contributed by atoms with E-state index < -0.39 is 6.04 Å². The van der Waals surface area contributed by atoms with Crippen molar-refractivity contribution in [2.24, 2.45) is 5.92 Å². The number of carbonyl (C=O) groups is 2. The van der Waals surface area contributed by atoms with Crippen LogP contribution in [0.1, 0.15) is 52.8 Å². The Labute approximate surface area is 187 Å². The second-order valence-electron chi connectivity index (χ2n) is 7.91. The van der Waals surface area contributed by atoms with Gasteiger partial charge in [-0.3, -0.25) is 9.59 Å². The van der Waals surface area contributed by atoms with Crippen molar-refractivity contribution in [1.82, 2.24) is 10.6 Å². The first-order valence-corrected chi connectivity index (χ1v) is 10.9. The average molecular weight is 433 g/mol. The summed E-state index contributed by atoms with van der Waals surface area (Å²) in [6.07, 6.45) is 2.38. The van der Waals surface area contributed by atoms with E-state index in [2.05, 4.69) is 22.8 Å². The van der Waals surface area contributed by atoms with Crippen molar-refractivity contribution in [1.29, 1.82) is 0 Å². The third-order valence-corrected chi connectivity index (χ3v) is 5.91. The van der Waals surface area contributed by atoms with Gasteiger partial charge in [0.05, 0.1) is 29.1 Å². The van der Waals surface area contributed by atoms with Gasteiger partial charge in [-0.25, -0.2) is 0 Å². The molecular weight excluding hydrogens is 408 g/mol. The van der Waals surface area contributed by atoms with Gasteiger partial charge in [-0.2, -0.15) is 0 Å². The Kier molecular flexibility index (Phi) is 6.68. The predicted octanol–water partition coefficient (Wildman–Crippen LogP) is 5.47.